The van der Waals surface area contributed by atoms with E-state index < -0.39 is 6.04 Å². The zero-order valence-corrected chi connectivity index (χ0v) is 20.1. The molecule has 0 aliphatic carbocycles. The van der Waals surface area contributed by atoms with Crippen LogP contribution in [0.25, 0.3) is 0 Å². The van der Waals surface area contributed by atoms with Gasteiger partial charge in [-0.15, -0.1) is 12.6 Å². The van der Waals surface area contributed by atoms with Crippen LogP contribution in [0.4, 0.5) is 4.79 Å². The van der Waals surface area contributed by atoms with E-state index in [4.69, 9.17) is 26.1 Å². The highest BCUT2D eigenvalue weighted by molar-refractivity contribution is 7.80. The highest BCUT2D eigenvalue weighted by Gasteiger charge is 2.41. The number of methoxy groups -OCH3 is 1. The second-order valence-corrected chi connectivity index (χ2v) is 8.67. The lowest BCUT2D eigenvalue weighted by atomic mass is 10.1. The number of likely N-dealkylation sites (N-methyl/N-ethyl adjacent to an activating group) is 1. The van der Waals surface area contributed by atoms with Crippen molar-refractivity contribution in [2.24, 2.45) is 4.99 Å². The number of hydrogen-bond acceptors (Lipinski definition) is 7. The molecule has 10 heteroatoms. The lowest BCUT2D eigenvalue weighted by molar-refractivity contribution is -0.148. The maximum Gasteiger partial charge on any atom is 0.326 e. The van der Waals surface area contributed by atoms with Gasteiger partial charge in [-0.1, -0.05) is 11.6 Å². The zero-order valence-electron chi connectivity index (χ0n) is 18.5. The summed E-state index contributed by atoms with van der Waals surface area (Å²) < 4.78 is 10.7. The predicted octanol–water partition coefficient (Wildman–Crippen LogP) is 2.78. The Morgan fingerprint density at radius 1 is 1.29 bits per heavy atom. The molecule has 1 fully saturated rings. The van der Waals surface area contributed by atoms with Crippen LogP contribution in [0.2, 0.25) is 5.02 Å². The first-order valence-electron chi connectivity index (χ1n) is 10.3. The molecule has 0 radical (unpaired) electrons. The number of esters is 1. The van der Waals surface area contributed by atoms with Crippen molar-refractivity contribution in [1.29, 1.82) is 0 Å². The van der Waals surface area contributed by atoms with E-state index in [0.717, 1.165) is 0 Å². The number of hydrogen-bond donors (Lipinski definition) is 1. The number of ether oxygens (including phenoxy) is 2. The molecule has 0 aromatic heterocycles. The van der Waals surface area contributed by atoms with Gasteiger partial charge in [0.05, 0.1) is 36.4 Å². The molecule has 3 atom stereocenters. The minimum atomic E-state index is -0.503. The minimum Gasteiger partial charge on any atom is -0.493 e. The Labute approximate surface area is 193 Å². The van der Waals surface area contributed by atoms with Crippen LogP contribution in [0.1, 0.15) is 26.3 Å². The molecule has 1 aromatic rings. The summed E-state index contributed by atoms with van der Waals surface area (Å²) in [6.07, 6.45) is 0. The highest BCUT2D eigenvalue weighted by Crippen LogP contribution is 2.34. The number of nitrogens with zero attached hydrogens (tertiary/aromatic N) is 4. The monoisotopic (exact) mass is 468 g/mol. The van der Waals surface area contributed by atoms with Crippen LogP contribution < -0.4 is 4.74 Å². The third kappa shape index (κ3) is 4.63. The number of thiol groups is 1. The summed E-state index contributed by atoms with van der Waals surface area (Å²) in [6, 6.07) is 2.52. The molecule has 2 aliphatic rings. The number of amidine groups is 1. The largest absolute Gasteiger partial charge is 0.493 e. The second kappa shape index (κ2) is 9.67. The fraction of sp³-hybridized carbons (Fsp3) is 0.571. The summed E-state index contributed by atoms with van der Waals surface area (Å²) in [4.78, 5) is 36.4. The van der Waals surface area contributed by atoms with Crippen molar-refractivity contribution in [2.45, 2.75) is 43.8 Å². The quantitative estimate of drug-likeness (QED) is 0.543. The standard InChI is InChI=1S/C21H29ClN4O4S/c1-6-30-17-10-15(22)18(31)9-14(17)19-23-12(2)13(3)26(19)21(28)25-8-7-24(4)16(11-25)20(27)29-5/h9-10,12-13,16,31H,6-8,11H2,1-5H3. The molecular weight excluding hydrogens is 440 g/mol. The van der Waals surface area contributed by atoms with E-state index >= 15 is 0 Å². The van der Waals surface area contributed by atoms with Crippen molar-refractivity contribution in [3.8, 4) is 5.75 Å². The molecule has 3 rings (SSSR count). The summed E-state index contributed by atoms with van der Waals surface area (Å²) in [7, 11) is 3.21. The van der Waals surface area contributed by atoms with Crippen LogP contribution >= 0.6 is 24.2 Å². The molecule has 31 heavy (non-hydrogen) atoms. The van der Waals surface area contributed by atoms with E-state index in [2.05, 4.69) is 12.6 Å². The van der Waals surface area contributed by atoms with Crippen LogP contribution in [0.3, 0.4) is 0 Å². The van der Waals surface area contributed by atoms with Gasteiger partial charge in [-0.05, 0) is 33.9 Å². The Hall–Kier alpha value is -1.97. The molecule has 0 saturated carbocycles. The fourth-order valence-corrected chi connectivity index (χ4v) is 4.17. The van der Waals surface area contributed by atoms with Crippen LogP contribution in [-0.2, 0) is 9.53 Å². The number of piperazine rings is 1. The topological polar surface area (TPSA) is 74.7 Å². The van der Waals surface area contributed by atoms with Crippen LogP contribution in [0, 0.1) is 0 Å². The lowest BCUT2D eigenvalue weighted by Crippen LogP contribution is -2.60. The van der Waals surface area contributed by atoms with Gasteiger partial charge in [0.15, 0.2) is 0 Å². The first-order chi connectivity index (χ1) is 14.7. The summed E-state index contributed by atoms with van der Waals surface area (Å²) in [6.45, 7) is 7.59. The van der Waals surface area contributed by atoms with Crippen LogP contribution in [-0.4, -0.2) is 91.1 Å². The molecule has 170 valence electrons. The average molecular weight is 469 g/mol. The first kappa shape index (κ1) is 23.7. The molecule has 1 aromatic carbocycles. The summed E-state index contributed by atoms with van der Waals surface area (Å²) >= 11 is 10.7. The number of halogens is 1. The van der Waals surface area contributed by atoms with E-state index in [0.29, 0.717) is 46.8 Å². The second-order valence-electron chi connectivity index (χ2n) is 7.78. The minimum absolute atomic E-state index is 0.101. The Morgan fingerprint density at radius 2 is 2.00 bits per heavy atom. The molecule has 1 saturated heterocycles. The Bertz CT molecular complexity index is 896. The van der Waals surface area contributed by atoms with E-state index in [1.54, 1.807) is 21.9 Å². The number of aliphatic imine (C=N–C) groups is 1. The van der Waals surface area contributed by atoms with Gasteiger partial charge < -0.3 is 14.4 Å². The normalized spacial score (nSPS) is 24.2. The fourth-order valence-electron chi connectivity index (χ4n) is 3.82. The number of urea groups is 1. The van der Waals surface area contributed by atoms with Gasteiger partial charge >= 0.3 is 12.0 Å². The number of amides is 2. The molecule has 2 aliphatic heterocycles. The number of carbonyl (C=O) groups excluding carboxylic acids is 2. The molecule has 0 N–H and O–H groups in total. The Balaban J connectivity index is 1.95. The van der Waals surface area contributed by atoms with Crippen molar-refractivity contribution >= 4 is 42.1 Å². The predicted molar refractivity (Wildman–Crippen MR) is 123 cm³/mol. The molecule has 0 spiro atoms. The molecule has 8 nitrogen and oxygen atoms in total. The number of carbonyl (C=O) groups is 2. The maximum atomic E-state index is 13.6. The smallest absolute Gasteiger partial charge is 0.326 e. The van der Waals surface area contributed by atoms with E-state index in [1.807, 2.05) is 32.7 Å². The summed E-state index contributed by atoms with van der Waals surface area (Å²) in [5, 5.41) is 0.466. The highest BCUT2D eigenvalue weighted by atomic mass is 35.5. The Morgan fingerprint density at radius 3 is 2.65 bits per heavy atom. The van der Waals surface area contributed by atoms with Gasteiger partial charge in [-0.2, -0.15) is 0 Å². The van der Waals surface area contributed by atoms with Gasteiger partial charge in [0.1, 0.15) is 17.6 Å². The third-order valence-corrected chi connectivity index (χ3v) is 6.66. The van der Waals surface area contributed by atoms with Gasteiger partial charge in [0, 0.05) is 30.6 Å². The van der Waals surface area contributed by atoms with Crippen molar-refractivity contribution < 1.29 is 19.1 Å². The van der Waals surface area contributed by atoms with E-state index in [-0.39, 0.29) is 30.6 Å². The van der Waals surface area contributed by atoms with Gasteiger partial charge in [0.25, 0.3) is 0 Å². The third-order valence-electron chi connectivity index (χ3n) is 5.85. The van der Waals surface area contributed by atoms with E-state index in [9.17, 15) is 9.59 Å². The number of rotatable bonds is 4. The summed E-state index contributed by atoms with van der Waals surface area (Å²) in [5.41, 5.74) is 0.666. The molecule has 3 unspecified atom stereocenters. The zero-order chi connectivity index (χ0) is 22.9. The van der Waals surface area contributed by atoms with Crippen LogP contribution in [0.15, 0.2) is 22.0 Å². The lowest BCUT2D eigenvalue weighted by Gasteiger charge is -2.40. The van der Waals surface area contributed by atoms with Crippen LogP contribution in [0.5, 0.6) is 5.75 Å². The first-order valence-corrected chi connectivity index (χ1v) is 11.1. The van der Waals surface area contributed by atoms with Gasteiger partial charge in [-0.3, -0.25) is 19.6 Å². The van der Waals surface area contributed by atoms with Gasteiger partial charge in [0.2, 0.25) is 0 Å². The maximum absolute atomic E-state index is 13.6. The van der Waals surface area contributed by atoms with Gasteiger partial charge in [-0.25, -0.2) is 4.79 Å². The Kier molecular flexibility index (Phi) is 7.39. The van der Waals surface area contributed by atoms with Crippen molar-refractivity contribution in [2.75, 3.05) is 40.4 Å². The molecule has 2 amide bonds. The molecular formula is C21H29ClN4O4S. The SMILES string of the molecule is CCOc1cc(Cl)c(S)cc1C1=NC(C)C(C)N1C(=O)N1CCN(C)C(C(=O)OC)C1. The summed E-state index contributed by atoms with van der Waals surface area (Å²) in [5.74, 6) is 0.718. The van der Waals surface area contributed by atoms with Crippen molar-refractivity contribution in [3.05, 3.63) is 22.7 Å². The average Bonchev–Trinajstić information content (AvgIpc) is 3.04. The number of benzene rings is 1. The molecule has 2 heterocycles. The van der Waals surface area contributed by atoms with Crippen molar-refractivity contribution in [1.82, 2.24) is 14.7 Å². The van der Waals surface area contributed by atoms with Crippen molar-refractivity contribution in [3.63, 3.8) is 0 Å². The van der Waals surface area contributed by atoms with E-state index in [1.165, 1.54) is 7.11 Å². The molecule has 0 bridgehead atoms.